The van der Waals surface area contributed by atoms with Crippen molar-refractivity contribution in [3.8, 4) is 11.5 Å². The van der Waals surface area contributed by atoms with Crippen LogP contribution in [0.3, 0.4) is 0 Å². The van der Waals surface area contributed by atoms with Gasteiger partial charge in [-0.2, -0.15) is 0 Å². The van der Waals surface area contributed by atoms with E-state index in [-0.39, 0.29) is 17.9 Å². The van der Waals surface area contributed by atoms with Crippen LogP contribution < -0.4 is 10.9 Å². The van der Waals surface area contributed by atoms with Crippen LogP contribution in [0.2, 0.25) is 0 Å². The number of benzene rings is 2. The minimum absolute atomic E-state index is 0.112. The summed E-state index contributed by atoms with van der Waals surface area (Å²) >= 11 is 0. The van der Waals surface area contributed by atoms with Gasteiger partial charge in [0.2, 0.25) is 5.89 Å². The van der Waals surface area contributed by atoms with Crippen LogP contribution in [0.5, 0.6) is 0 Å². The molecule has 4 rings (SSSR count). The maximum Gasteiger partial charge on any atom is 0.278 e. The van der Waals surface area contributed by atoms with E-state index in [1.807, 2.05) is 37.3 Å². The van der Waals surface area contributed by atoms with Crippen LogP contribution in [0, 0.1) is 0 Å². The number of ether oxygens (including phenoxy) is 1. The summed E-state index contributed by atoms with van der Waals surface area (Å²) in [4.78, 5) is 29.4. The Labute approximate surface area is 166 Å². The number of oxazole rings is 1. The number of carbonyl (C=O) groups excluding carboxylic acids is 1. The van der Waals surface area contributed by atoms with E-state index in [1.165, 1.54) is 7.11 Å². The van der Waals surface area contributed by atoms with Gasteiger partial charge in [0.15, 0.2) is 11.5 Å². The van der Waals surface area contributed by atoms with E-state index >= 15 is 0 Å². The molecule has 2 aromatic carbocycles. The summed E-state index contributed by atoms with van der Waals surface area (Å²) in [7, 11) is 1.52. The van der Waals surface area contributed by atoms with Crippen LogP contribution >= 0.6 is 0 Å². The first-order chi connectivity index (χ1) is 14.1. The zero-order valence-electron chi connectivity index (χ0n) is 16.1. The van der Waals surface area contributed by atoms with Gasteiger partial charge in [0.05, 0.1) is 10.9 Å². The summed E-state index contributed by atoms with van der Waals surface area (Å²) < 4.78 is 12.7. The average molecular weight is 392 g/mol. The number of aromatic nitrogens is 3. The third-order valence-electron chi connectivity index (χ3n) is 4.55. The van der Waals surface area contributed by atoms with E-state index in [0.29, 0.717) is 29.3 Å². The molecule has 0 aliphatic rings. The van der Waals surface area contributed by atoms with Gasteiger partial charge in [0, 0.05) is 24.9 Å². The number of fused-ring (bicyclic) bond motifs is 1. The van der Waals surface area contributed by atoms with Gasteiger partial charge in [0.1, 0.15) is 6.61 Å². The van der Waals surface area contributed by atoms with Crippen molar-refractivity contribution >= 4 is 22.5 Å². The van der Waals surface area contributed by atoms with Crippen molar-refractivity contribution in [2.45, 2.75) is 20.1 Å². The molecule has 0 fully saturated rings. The van der Waals surface area contributed by atoms with E-state index in [2.05, 4.69) is 15.4 Å². The number of nitrogens with zero attached hydrogens (tertiary/aromatic N) is 2. The fourth-order valence-corrected chi connectivity index (χ4v) is 3.18. The highest BCUT2D eigenvalue weighted by Gasteiger charge is 2.21. The molecule has 0 unspecified atom stereocenters. The Hall–Kier alpha value is -3.65. The predicted molar refractivity (Wildman–Crippen MR) is 109 cm³/mol. The lowest BCUT2D eigenvalue weighted by Gasteiger charge is -2.05. The van der Waals surface area contributed by atoms with Crippen LogP contribution in [0.25, 0.3) is 22.4 Å². The van der Waals surface area contributed by atoms with E-state index in [4.69, 9.17) is 9.15 Å². The third kappa shape index (κ3) is 3.57. The Balaban J connectivity index is 1.66. The Morgan fingerprint density at radius 1 is 1.24 bits per heavy atom. The lowest BCUT2D eigenvalue weighted by atomic mass is 10.2. The van der Waals surface area contributed by atoms with Gasteiger partial charge in [-0.1, -0.05) is 18.2 Å². The highest BCUT2D eigenvalue weighted by molar-refractivity contribution is 6.04. The van der Waals surface area contributed by atoms with Gasteiger partial charge in [-0.25, -0.2) is 4.98 Å². The fraction of sp³-hybridized carbons (Fsp3) is 0.190. The van der Waals surface area contributed by atoms with E-state index < -0.39 is 5.91 Å². The molecule has 0 bridgehead atoms. The van der Waals surface area contributed by atoms with Crippen molar-refractivity contribution in [2.24, 2.45) is 0 Å². The lowest BCUT2D eigenvalue weighted by Crippen LogP contribution is -2.14. The van der Waals surface area contributed by atoms with Crippen molar-refractivity contribution < 1.29 is 13.9 Å². The number of nitrogens with one attached hydrogen (secondary N) is 2. The van der Waals surface area contributed by atoms with Gasteiger partial charge < -0.3 is 14.5 Å². The fourth-order valence-electron chi connectivity index (χ4n) is 3.18. The maximum atomic E-state index is 12.9. The third-order valence-corrected chi connectivity index (χ3v) is 4.55. The molecule has 29 heavy (non-hydrogen) atoms. The molecule has 2 heterocycles. The second kappa shape index (κ2) is 7.76. The lowest BCUT2D eigenvalue weighted by molar-refractivity contribution is 0.101. The SMILES string of the molecule is CCn1[nH]c(=O)c2cc(NC(=O)c3nc(-c4ccccc4)oc3COC)ccc21. The topological polar surface area (TPSA) is 102 Å². The number of rotatable bonds is 6. The number of amides is 1. The molecule has 0 spiro atoms. The number of hydrogen-bond donors (Lipinski definition) is 2. The Kier molecular flexibility index (Phi) is 5.01. The molecule has 8 nitrogen and oxygen atoms in total. The van der Waals surface area contributed by atoms with Crippen LogP contribution in [0.4, 0.5) is 5.69 Å². The monoisotopic (exact) mass is 392 g/mol. The average Bonchev–Trinajstić information content (AvgIpc) is 3.30. The van der Waals surface area contributed by atoms with Gasteiger partial charge in [-0.3, -0.25) is 19.4 Å². The largest absolute Gasteiger partial charge is 0.438 e. The maximum absolute atomic E-state index is 12.9. The molecule has 0 aliphatic heterocycles. The zero-order valence-corrected chi connectivity index (χ0v) is 16.1. The van der Waals surface area contributed by atoms with Crippen LogP contribution in [-0.2, 0) is 17.9 Å². The second-order valence-electron chi connectivity index (χ2n) is 6.46. The number of aryl methyl sites for hydroxylation is 1. The molecule has 148 valence electrons. The number of hydrogen-bond acceptors (Lipinski definition) is 5. The molecule has 2 aromatic heterocycles. The standard InChI is InChI=1S/C21H20N4O4/c1-3-25-16-10-9-14(11-15(16)19(26)24-25)22-20(27)18-17(12-28-2)29-21(23-18)13-7-5-4-6-8-13/h4-11H,3,12H2,1-2H3,(H,22,27)(H,24,26). The summed E-state index contributed by atoms with van der Waals surface area (Å²) in [6.45, 7) is 2.70. The Bertz CT molecular complexity index is 1220. The second-order valence-corrected chi connectivity index (χ2v) is 6.46. The van der Waals surface area contributed by atoms with E-state index in [1.54, 1.807) is 22.9 Å². The summed E-state index contributed by atoms with van der Waals surface area (Å²) in [5.41, 5.74) is 1.98. The molecule has 4 aromatic rings. The highest BCUT2D eigenvalue weighted by Crippen LogP contribution is 2.24. The summed E-state index contributed by atoms with van der Waals surface area (Å²) in [6.07, 6.45) is 0. The summed E-state index contributed by atoms with van der Waals surface area (Å²) in [5.74, 6) is 0.239. The van der Waals surface area contributed by atoms with Crippen LogP contribution in [0.15, 0.2) is 57.7 Å². The Morgan fingerprint density at radius 2 is 2.03 bits per heavy atom. The Morgan fingerprint density at radius 3 is 2.76 bits per heavy atom. The van der Waals surface area contributed by atoms with Crippen molar-refractivity contribution in [1.82, 2.24) is 14.8 Å². The van der Waals surface area contributed by atoms with Crippen LogP contribution in [-0.4, -0.2) is 27.8 Å². The van der Waals surface area contributed by atoms with E-state index in [0.717, 1.165) is 11.1 Å². The van der Waals surface area contributed by atoms with Crippen molar-refractivity contribution in [2.75, 3.05) is 12.4 Å². The number of carbonyl (C=O) groups is 1. The molecule has 2 N–H and O–H groups in total. The van der Waals surface area contributed by atoms with Crippen molar-refractivity contribution in [3.05, 3.63) is 70.3 Å². The number of aromatic amines is 1. The number of methoxy groups -OCH3 is 1. The number of anilines is 1. The van der Waals surface area contributed by atoms with Crippen molar-refractivity contribution in [1.29, 1.82) is 0 Å². The highest BCUT2D eigenvalue weighted by atomic mass is 16.5. The summed E-state index contributed by atoms with van der Waals surface area (Å²) in [5, 5.41) is 6.06. The molecular weight excluding hydrogens is 372 g/mol. The summed E-state index contributed by atoms with van der Waals surface area (Å²) in [6, 6.07) is 14.5. The molecule has 0 radical (unpaired) electrons. The molecular formula is C21H20N4O4. The minimum atomic E-state index is -0.436. The molecule has 8 heteroatoms. The van der Waals surface area contributed by atoms with Gasteiger partial charge in [-0.05, 0) is 37.3 Å². The minimum Gasteiger partial charge on any atom is -0.438 e. The van der Waals surface area contributed by atoms with E-state index in [9.17, 15) is 9.59 Å². The van der Waals surface area contributed by atoms with Crippen LogP contribution in [0.1, 0.15) is 23.2 Å². The molecule has 0 aliphatic carbocycles. The van der Waals surface area contributed by atoms with Gasteiger partial charge in [0.25, 0.3) is 11.5 Å². The first-order valence-electron chi connectivity index (χ1n) is 9.18. The van der Waals surface area contributed by atoms with Crippen molar-refractivity contribution in [3.63, 3.8) is 0 Å². The zero-order chi connectivity index (χ0) is 20.4. The quantitative estimate of drug-likeness (QED) is 0.524. The molecule has 0 saturated carbocycles. The normalized spacial score (nSPS) is 11.1. The first-order valence-corrected chi connectivity index (χ1v) is 9.18. The predicted octanol–water partition coefficient (Wildman–Crippen LogP) is 3.40. The smallest absolute Gasteiger partial charge is 0.278 e. The van der Waals surface area contributed by atoms with Gasteiger partial charge >= 0.3 is 0 Å². The molecule has 0 saturated heterocycles. The number of H-pyrrole nitrogens is 1. The molecule has 1 amide bonds. The van der Waals surface area contributed by atoms with Gasteiger partial charge in [-0.15, -0.1) is 0 Å². The molecule has 0 atom stereocenters. The first kappa shape index (κ1) is 18.7.